The van der Waals surface area contributed by atoms with Crippen LogP contribution in [0.4, 0.5) is 5.69 Å². The number of anilines is 1. The molecule has 3 aromatic carbocycles. The molecule has 0 saturated carbocycles. The molecule has 9 heteroatoms. The standard InChI is InChI=1S/C22H15BrClN3O4/c23-15-9-11-16(12-10-15)26-20(28)21(29)27-25-13-14-5-1-4-8-19(14)31-22(30)17-6-2-3-7-18(17)24/h1-13H,(H,26,28)(H,27,29)/b25-13+. The highest BCUT2D eigenvalue weighted by atomic mass is 79.9. The quantitative estimate of drug-likeness (QED) is 0.178. The van der Waals surface area contributed by atoms with Crippen LogP contribution in [0.5, 0.6) is 5.75 Å². The average molecular weight is 501 g/mol. The first kappa shape index (κ1) is 22.2. The van der Waals surface area contributed by atoms with Crippen LogP contribution in [-0.2, 0) is 9.59 Å². The normalized spacial score (nSPS) is 10.5. The highest BCUT2D eigenvalue weighted by Gasteiger charge is 2.15. The molecule has 0 spiro atoms. The number of para-hydroxylation sites is 1. The van der Waals surface area contributed by atoms with Crippen molar-refractivity contribution in [3.63, 3.8) is 0 Å². The molecular formula is C22H15BrClN3O4. The number of rotatable bonds is 5. The number of amides is 2. The van der Waals surface area contributed by atoms with Crippen LogP contribution in [0, 0.1) is 0 Å². The van der Waals surface area contributed by atoms with E-state index in [0.717, 1.165) is 4.47 Å². The van der Waals surface area contributed by atoms with Crippen LogP contribution >= 0.6 is 27.5 Å². The number of hydrogen-bond donors (Lipinski definition) is 2. The monoisotopic (exact) mass is 499 g/mol. The molecule has 31 heavy (non-hydrogen) atoms. The lowest BCUT2D eigenvalue weighted by atomic mass is 10.2. The van der Waals surface area contributed by atoms with Crippen LogP contribution in [0.25, 0.3) is 0 Å². The number of benzene rings is 3. The summed E-state index contributed by atoms with van der Waals surface area (Å²) in [4.78, 5) is 36.3. The van der Waals surface area contributed by atoms with E-state index in [1.54, 1.807) is 72.8 Å². The zero-order chi connectivity index (χ0) is 22.2. The van der Waals surface area contributed by atoms with Crippen molar-refractivity contribution in [3.05, 3.63) is 93.4 Å². The number of esters is 1. The molecule has 0 saturated heterocycles. The van der Waals surface area contributed by atoms with E-state index in [1.165, 1.54) is 6.21 Å². The summed E-state index contributed by atoms with van der Waals surface area (Å²) in [6.07, 6.45) is 1.26. The van der Waals surface area contributed by atoms with Gasteiger partial charge < -0.3 is 10.1 Å². The molecule has 0 unspecified atom stereocenters. The Hall–Kier alpha value is -3.49. The third kappa shape index (κ3) is 6.24. The van der Waals surface area contributed by atoms with Crippen molar-refractivity contribution in [2.45, 2.75) is 0 Å². The number of nitrogens with zero attached hydrogens (tertiary/aromatic N) is 1. The van der Waals surface area contributed by atoms with Gasteiger partial charge >= 0.3 is 17.8 Å². The number of nitrogens with one attached hydrogen (secondary N) is 2. The first-order chi connectivity index (χ1) is 14.9. The van der Waals surface area contributed by atoms with Gasteiger partial charge in [0.25, 0.3) is 0 Å². The fourth-order valence-corrected chi connectivity index (χ4v) is 2.87. The largest absolute Gasteiger partial charge is 0.422 e. The summed E-state index contributed by atoms with van der Waals surface area (Å²) in [5.41, 5.74) is 3.22. The predicted octanol–water partition coefficient (Wildman–Crippen LogP) is 4.41. The van der Waals surface area contributed by atoms with Crippen molar-refractivity contribution < 1.29 is 19.1 Å². The molecule has 0 aliphatic rings. The van der Waals surface area contributed by atoms with Gasteiger partial charge in [-0.25, -0.2) is 10.2 Å². The molecule has 2 amide bonds. The van der Waals surface area contributed by atoms with Crippen molar-refractivity contribution in [1.29, 1.82) is 0 Å². The van der Waals surface area contributed by atoms with Crippen LogP contribution in [0.15, 0.2) is 82.4 Å². The summed E-state index contributed by atoms with van der Waals surface area (Å²) in [5, 5.41) is 6.48. The molecule has 0 aromatic heterocycles. The maximum atomic E-state index is 12.4. The molecule has 0 bridgehead atoms. The minimum Gasteiger partial charge on any atom is -0.422 e. The molecule has 3 aromatic rings. The summed E-state index contributed by atoms with van der Waals surface area (Å²) in [7, 11) is 0. The molecule has 156 valence electrons. The molecular weight excluding hydrogens is 486 g/mol. The Bertz CT molecular complexity index is 1150. The van der Waals surface area contributed by atoms with E-state index in [9.17, 15) is 14.4 Å². The lowest BCUT2D eigenvalue weighted by Crippen LogP contribution is -2.32. The Morgan fingerprint density at radius 3 is 2.32 bits per heavy atom. The van der Waals surface area contributed by atoms with Gasteiger partial charge in [0.1, 0.15) is 5.75 Å². The van der Waals surface area contributed by atoms with Crippen LogP contribution in [-0.4, -0.2) is 24.0 Å². The van der Waals surface area contributed by atoms with Crippen molar-refractivity contribution in [3.8, 4) is 5.75 Å². The first-order valence-electron chi connectivity index (χ1n) is 8.90. The zero-order valence-electron chi connectivity index (χ0n) is 15.8. The summed E-state index contributed by atoms with van der Waals surface area (Å²) >= 11 is 9.31. The fourth-order valence-electron chi connectivity index (χ4n) is 2.39. The number of halogens is 2. The number of carbonyl (C=O) groups is 3. The van der Waals surface area contributed by atoms with Crippen molar-refractivity contribution in [1.82, 2.24) is 5.43 Å². The number of hydrogen-bond acceptors (Lipinski definition) is 5. The number of carbonyl (C=O) groups excluding carboxylic acids is 3. The topological polar surface area (TPSA) is 96.9 Å². The molecule has 0 heterocycles. The van der Waals surface area contributed by atoms with Crippen LogP contribution in [0.3, 0.4) is 0 Å². The zero-order valence-corrected chi connectivity index (χ0v) is 18.2. The van der Waals surface area contributed by atoms with E-state index in [4.69, 9.17) is 16.3 Å². The van der Waals surface area contributed by atoms with Crippen LogP contribution < -0.4 is 15.5 Å². The van der Waals surface area contributed by atoms with E-state index in [1.807, 2.05) is 0 Å². The fraction of sp³-hybridized carbons (Fsp3) is 0. The predicted molar refractivity (Wildman–Crippen MR) is 121 cm³/mol. The van der Waals surface area contributed by atoms with E-state index < -0.39 is 17.8 Å². The third-order valence-corrected chi connectivity index (χ3v) is 4.75. The number of ether oxygens (including phenoxy) is 1. The number of hydrazone groups is 1. The Morgan fingerprint density at radius 2 is 1.58 bits per heavy atom. The molecule has 0 atom stereocenters. The summed E-state index contributed by atoms with van der Waals surface area (Å²) in [5.74, 6) is -2.25. The van der Waals surface area contributed by atoms with Gasteiger partial charge in [0.15, 0.2) is 0 Å². The maximum absolute atomic E-state index is 12.4. The van der Waals surface area contributed by atoms with E-state index in [-0.39, 0.29) is 16.3 Å². The van der Waals surface area contributed by atoms with Crippen LogP contribution in [0.2, 0.25) is 5.02 Å². The average Bonchev–Trinajstić information content (AvgIpc) is 2.76. The lowest BCUT2D eigenvalue weighted by Gasteiger charge is -2.08. The molecule has 0 aliphatic heterocycles. The van der Waals surface area contributed by atoms with Gasteiger partial charge in [-0.15, -0.1) is 0 Å². The van der Waals surface area contributed by atoms with Gasteiger partial charge in [-0.05, 0) is 48.5 Å². The van der Waals surface area contributed by atoms with Gasteiger partial charge in [0.05, 0.1) is 16.8 Å². The minimum absolute atomic E-state index is 0.213. The Morgan fingerprint density at radius 1 is 0.903 bits per heavy atom. The smallest absolute Gasteiger partial charge is 0.345 e. The summed E-state index contributed by atoms with van der Waals surface area (Å²) in [6, 6.07) is 19.8. The molecule has 0 aliphatic carbocycles. The van der Waals surface area contributed by atoms with Gasteiger partial charge in [0.2, 0.25) is 0 Å². The molecule has 7 nitrogen and oxygen atoms in total. The summed E-state index contributed by atoms with van der Waals surface area (Å²) < 4.78 is 6.24. The van der Waals surface area contributed by atoms with E-state index in [2.05, 4.69) is 31.8 Å². The van der Waals surface area contributed by atoms with E-state index >= 15 is 0 Å². The SMILES string of the molecule is O=C(N/N=C/c1ccccc1OC(=O)c1ccccc1Cl)C(=O)Nc1ccc(Br)cc1. The van der Waals surface area contributed by atoms with Crippen molar-refractivity contribution in [2.24, 2.45) is 5.10 Å². The second kappa shape index (κ2) is 10.5. The van der Waals surface area contributed by atoms with Gasteiger partial charge in [-0.2, -0.15) is 5.10 Å². The maximum Gasteiger partial charge on any atom is 0.345 e. The first-order valence-corrected chi connectivity index (χ1v) is 10.1. The Balaban J connectivity index is 1.63. The van der Waals surface area contributed by atoms with Crippen LogP contribution in [0.1, 0.15) is 15.9 Å². The van der Waals surface area contributed by atoms with Crippen molar-refractivity contribution in [2.75, 3.05) is 5.32 Å². The molecule has 2 N–H and O–H groups in total. The Labute approximate surface area is 191 Å². The van der Waals surface area contributed by atoms with E-state index in [0.29, 0.717) is 11.3 Å². The van der Waals surface area contributed by atoms with Gasteiger partial charge in [-0.3, -0.25) is 9.59 Å². The summed E-state index contributed by atoms with van der Waals surface area (Å²) in [6.45, 7) is 0. The highest BCUT2D eigenvalue weighted by Crippen LogP contribution is 2.21. The minimum atomic E-state index is -0.954. The second-order valence-corrected chi connectivity index (χ2v) is 7.39. The Kier molecular flexibility index (Phi) is 7.53. The van der Waals surface area contributed by atoms with Gasteiger partial charge in [0, 0.05) is 15.7 Å². The molecule has 0 fully saturated rings. The molecule has 3 rings (SSSR count). The van der Waals surface area contributed by atoms with Gasteiger partial charge in [-0.1, -0.05) is 51.8 Å². The van der Waals surface area contributed by atoms with Crippen molar-refractivity contribution >= 4 is 57.2 Å². The lowest BCUT2D eigenvalue weighted by molar-refractivity contribution is -0.136. The third-order valence-electron chi connectivity index (χ3n) is 3.89. The molecule has 0 radical (unpaired) electrons. The highest BCUT2D eigenvalue weighted by molar-refractivity contribution is 9.10. The second-order valence-electron chi connectivity index (χ2n) is 6.07.